The largest absolute Gasteiger partial charge is 0.219 e. The molecule has 0 amide bonds. The number of sulfone groups is 1. The number of hydrogen-bond donors (Lipinski definition) is 0. The molecule has 0 aromatic heterocycles. The van der Waals surface area contributed by atoms with E-state index in [9.17, 15) is 8.42 Å². The smallest absolute Gasteiger partial charge is 0.206 e. The van der Waals surface area contributed by atoms with Crippen LogP contribution < -0.4 is 0 Å². The van der Waals surface area contributed by atoms with Crippen LogP contribution in [0.15, 0.2) is 71.0 Å². The van der Waals surface area contributed by atoms with Gasteiger partial charge in [-0.15, -0.1) is 6.58 Å². The zero-order valence-corrected chi connectivity index (χ0v) is 19.9. The predicted octanol–water partition coefficient (Wildman–Crippen LogP) is 8.24. The molecule has 26 heavy (non-hydrogen) atoms. The van der Waals surface area contributed by atoms with Gasteiger partial charge < -0.3 is 0 Å². The molecule has 0 radical (unpaired) electrons. The highest BCUT2D eigenvalue weighted by Crippen LogP contribution is 2.19. The third kappa shape index (κ3) is 18.7. The van der Waals surface area contributed by atoms with E-state index in [1.54, 1.807) is 68.5 Å². The van der Waals surface area contributed by atoms with Crippen molar-refractivity contribution in [3.05, 3.63) is 66.1 Å². The summed E-state index contributed by atoms with van der Waals surface area (Å²) in [5.74, 6) is 0. The van der Waals surface area contributed by atoms with Crippen LogP contribution in [-0.4, -0.2) is 8.42 Å². The molecule has 1 aromatic carbocycles. The highest BCUT2D eigenvalue weighted by atomic mass is 32.2. The zero-order valence-electron chi connectivity index (χ0n) is 19.1. The van der Waals surface area contributed by atoms with Gasteiger partial charge in [-0.2, -0.15) is 0 Å². The quantitative estimate of drug-likeness (QED) is 0.388. The second kappa shape index (κ2) is 31.2. The monoisotopic (exact) mass is 384 g/mol. The fourth-order valence-corrected chi connectivity index (χ4v) is 2.65. The Morgan fingerprint density at radius 2 is 1.15 bits per heavy atom. The molecule has 0 aliphatic heterocycles. The van der Waals surface area contributed by atoms with Crippen LogP contribution in [0.3, 0.4) is 0 Å². The molecular formula is C23H44O2S. The van der Waals surface area contributed by atoms with Gasteiger partial charge in [0.25, 0.3) is 0 Å². The minimum atomic E-state index is -3.34. The first kappa shape index (κ1) is 35.5. The Balaban J connectivity index is -0.000000113. The standard InChI is InChI=1S/C12H14O2S.C3H6.4C2H6/c1-3-8-11(4-2)15(13,14)12-9-6-5-7-10-12;1-3-2;4*1-2/h3-10H,1-2H3;3H,1H2,2H3;4*1-2H3/b8-3-,11-4+;;;;;. The van der Waals surface area contributed by atoms with Crippen LogP contribution >= 0.6 is 0 Å². The van der Waals surface area contributed by atoms with Crippen LogP contribution in [0.25, 0.3) is 0 Å². The summed E-state index contributed by atoms with van der Waals surface area (Å²) in [6.45, 7) is 24.8. The van der Waals surface area contributed by atoms with Gasteiger partial charge in [0.2, 0.25) is 9.84 Å². The van der Waals surface area contributed by atoms with E-state index >= 15 is 0 Å². The number of allylic oxidation sites excluding steroid dienone is 4. The van der Waals surface area contributed by atoms with Gasteiger partial charge in [0.1, 0.15) is 0 Å². The first-order chi connectivity index (χ1) is 12.5. The second-order valence-electron chi connectivity index (χ2n) is 3.42. The van der Waals surface area contributed by atoms with Gasteiger partial charge in [-0.25, -0.2) is 8.42 Å². The Morgan fingerprint density at radius 1 is 0.808 bits per heavy atom. The summed E-state index contributed by atoms with van der Waals surface area (Å²) in [4.78, 5) is 0.660. The first-order valence-corrected chi connectivity index (χ1v) is 11.2. The van der Waals surface area contributed by atoms with E-state index in [4.69, 9.17) is 0 Å². The van der Waals surface area contributed by atoms with Gasteiger partial charge in [-0.05, 0) is 39.0 Å². The summed E-state index contributed by atoms with van der Waals surface area (Å²) in [7, 11) is -3.34. The van der Waals surface area contributed by atoms with Crippen molar-refractivity contribution in [2.45, 2.75) is 81.1 Å². The van der Waals surface area contributed by atoms with Gasteiger partial charge >= 0.3 is 0 Å². The summed E-state index contributed by atoms with van der Waals surface area (Å²) in [6, 6.07) is 8.43. The van der Waals surface area contributed by atoms with E-state index in [0.717, 1.165) is 0 Å². The minimum Gasteiger partial charge on any atom is -0.219 e. The predicted molar refractivity (Wildman–Crippen MR) is 123 cm³/mol. The number of rotatable bonds is 3. The summed E-state index contributed by atoms with van der Waals surface area (Å²) in [6.07, 6.45) is 6.67. The maximum atomic E-state index is 12.0. The molecule has 3 heteroatoms. The zero-order chi connectivity index (χ0) is 22.0. The highest BCUT2D eigenvalue weighted by molar-refractivity contribution is 7.95. The molecule has 154 valence electrons. The molecule has 1 rings (SSSR count). The molecular weight excluding hydrogens is 340 g/mol. The average Bonchev–Trinajstić information content (AvgIpc) is 2.73. The van der Waals surface area contributed by atoms with E-state index in [1.807, 2.05) is 62.3 Å². The van der Waals surface area contributed by atoms with E-state index in [0.29, 0.717) is 9.80 Å². The number of benzene rings is 1. The van der Waals surface area contributed by atoms with Crippen LogP contribution in [0, 0.1) is 0 Å². The van der Waals surface area contributed by atoms with E-state index in [1.165, 1.54) is 0 Å². The van der Waals surface area contributed by atoms with Crippen molar-refractivity contribution >= 4 is 9.84 Å². The lowest BCUT2D eigenvalue weighted by Crippen LogP contribution is -2.02. The van der Waals surface area contributed by atoms with E-state index in [2.05, 4.69) is 6.58 Å². The second-order valence-corrected chi connectivity index (χ2v) is 5.37. The molecule has 0 N–H and O–H groups in total. The van der Waals surface area contributed by atoms with Crippen LogP contribution in [0.4, 0.5) is 0 Å². The molecule has 0 fully saturated rings. The Morgan fingerprint density at radius 3 is 1.42 bits per heavy atom. The molecule has 0 spiro atoms. The summed E-state index contributed by atoms with van der Waals surface area (Å²) >= 11 is 0. The average molecular weight is 385 g/mol. The fourth-order valence-electron chi connectivity index (χ4n) is 1.24. The van der Waals surface area contributed by atoms with Crippen molar-refractivity contribution in [3.63, 3.8) is 0 Å². The molecule has 0 bridgehead atoms. The van der Waals surface area contributed by atoms with Gasteiger partial charge in [-0.1, -0.05) is 91.8 Å². The normalized spacial score (nSPS) is 9.12. The molecule has 0 aliphatic rings. The molecule has 0 aliphatic carbocycles. The summed E-state index contributed by atoms with van der Waals surface area (Å²) in [5.41, 5.74) is 0. The van der Waals surface area contributed by atoms with Crippen molar-refractivity contribution < 1.29 is 8.42 Å². The van der Waals surface area contributed by atoms with Crippen LogP contribution in [0.2, 0.25) is 0 Å². The van der Waals surface area contributed by atoms with Crippen LogP contribution in [0.5, 0.6) is 0 Å². The van der Waals surface area contributed by atoms with Gasteiger partial charge in [0, 0.05) is 0 Å². The van der Waals surface area contributed by atoms with Crippen molar-refractivity contribution in [1.82, 2.24) is 0 Å². The maximum absolute atomic E-state index is 12.0. The van der Waals surface area contributed by atoms with Gasteiger partial charge in [0.15, 0.2) is 0 Å². The first-order valence-electron chi connectivity index (χ1n) is 9.70. The van der Waals surface area contributed by atoms with Gasteiger partial charge in [-0.3, -0.25) is 0 Å². The lowest BCUT2D eigenvalue weighted by Gasteiger charge is -2.04. The third-order valence-corrected chi connectivity index (χ3v) is 3.86. The maximum Gasteiger partial charge on any atom is 0.206 e. The lowest BCUT2D eigenvalue weighted by molar-refractivity contribution is 0.603. The Hall–Kier alpha value is -1.61. The van der Waals surface area contributed by atoms with Crippen LogP contribution in [0.1, 0.15) is 76.2 Å². The molecule has 1 aromatic rings. The van der Waals surface area contributed by atoms with E-state index < -0.39 is 9.84 Å². The molecule has 0 saturated heterocycles. The number of hydrogen-bond acceptors (Lipinski definition) is 2. The molecule has 0 atom stereocenters. The van der Waals surface area contributed by atoms with Crippen molar-refractivity contribution in [2.24, 2.45) is 0 Å². The van der Waals surface area contributed by atoms with Crippen molar-refractivity contribution in [2.75, 3.05) is 0 Å². The summed E-state index contributed by atoms with van der Waals surface area (Å²) < 4.78 is 24.1. The molecule has 0 saturated carbocycles. The van der Waals surface area contributed by atoms with Crippen LogP contribution in [-0.2, 0) is 9.84 Å². The lowest BCUT2D eigenvalue weighted by atomic mass is 10.4. The Bertz CT molecular complexity index is 510. The summed E-state index contributed by atoms with van der Waals surface area (Å²) in [5, 5.41) is 0. The topological polar surface area (TPSA) is 34.1 Å². The SMILES string of the molecule is C/C=C\C(=C/C)S(=O)(=O)c1ccccc1.C=CC.CC.CC.CC.CC. The fraction of sp³-hybridized carbons (Fsp3) is 0.478. The van der Waals surface area contributed by atoms with E-state index in [-0.39, 0.29) is 0 Å². The van der Waals surface area contributed by atoms with Crippen molar-refractivity contribution in [3.8, 4) is 0 Å². The molecule has 0 heterocycles. The van der Waals surface area contributed by atoms with Crippen molar-refractivity contribution in [1.29, 1.82) is 0 Å². The van der Waals surface area contributed by atoms with Gasteiger partial charge in [0.05, 0.1) is 9.80 Å². The third-order valence-electron chi connectivity index (χ3n) is 1.98. The minimum absolute atomic E-state index is 0.330. The highest BCUT2D eigenvalue weighted by Gasteiger charge is 2.16. The molecule has 0 unspecified atom stereocenters. The Labute approximate surface area is 165 Å². The molecule has 2 nitrogen and oxygen atoms in total. The Kier molecular flexibility index (Phi) is 42.6.